The molecule has 0 radical (unpaired) electrons. The van der Waals surface area contributed by atoms with Gasteiger partial charge in [-0.1, -0.05) is 11.6 Å². The average molecular weight is 351 g/mol. The summed E-state index contributed by atoms with van der Waals surface area (Å²) in [6.07, 6.45) is 0. The van der Waals surface area contributed by atoms with Crippen molar-refractivity contribution in [3.8, 4) is 5.75 Å². The first-order valence-corrected chi connectivity index (χ1v) is 8.39. The van der Waals surface area contributed by atoms with Crippen molar-refractivity contribution in [1.82, 2.24) is 0 Å². The molecule has 2 aromatic carbocycles. The van der Waals surface area contributed by atoms with Crippen LogP contribution in [0.25, 0.3) is 0 Å². The number of carbonyl (C=O) groups excluding carboxylic acids is 1. The number of carbonyl (C=O) groups is 1. The number of nitrogens with one attached hydrogen (secondary N) is 1. The average Bonchev–Trinajstić information content (AvgIpc) is 2.53. The fourth-order valence-electron chi connectivity index (χ4n) is 2.01. The van der Waals surface area contributed by atoms with Crippen LogP contribution in [-0.4, -0.2) is 32.9 Å². The maximum atomic E-state index is 12.2. The minimum atomic E-state index is -0.0730. The van der Waals surface area contributed by atoms with Crippen LogP contribution in [0.4, 0.5) is 11.4 Å². The highest BCUT2D eigenvalue weighted by atomic mass is 35.5. The molecule has 1 N–H and O–H groups in total. The molecule has 0 aromatic heterocycles. The third-order valence-corrected chi connectivity index (χ3v) is 4.39. The monoisotopic (exact) mass is 350 g/mol. The molecule has 23 heavy (non-hydrogen) atoms. The Morgan fingerprint density at radius 2 is 1.91 bits per heavy atom. The third-order valence-electron chi connectivity index (χ3n) is 3.14. The van der Waals surface area contributed by atoms with Crippen LogP contribution >= 0.6 is 23.4 Å². The number of hydrogen-bond donors (Lipinski definition) is 1. The second-order valence-corrected chi connectivity index (χ2v) is 6.55. The van der Waals surface area contributed by atoms with Gasteiger partial charge in [-0.3, -0.25) is 4.79 Å². The van der Waals surface area contributed by atoms with Gasteiger partial charge in [0.15, 0.2) is 0 Å². The Hall–Kier alpha value is -1.85. The number of thioether (sulfide) groups is 1. The van der Waals surface area contributed by atoms with E-state index in [1.54, 1.807) is 19.2 Å². The summed E-state index contributed by atoms with van der Waals surface area (Å²) in [5.41, 5.74) is 1.63. The van der Waals surface area contributed by atoms with Gasteiger partial charge in [0.2, 0.25) is 5.91 Å². The standard InChI is InChI=1S/C17H19ClN2O2S/c1-20(2)16-9-4-12(18)10-15(16)19-17(21)11-23-14-7-5-13(22-3)6-8-14/h4-10H,11H2,1-3H3,(H,19,21). The molecular weight excluding hydrogens is 332 g/mol. The quantitative estimate of drug-likeness (QED) is 0.795. The first-order chi connectivity index (χ1) is 11.0. The van der Waals surface area contributed by atoms with Gasteiger partial charge in [0.25, 0.3) is 0 Å². The number of benzene rings is 2. The molecule has 4 nitrogen and oxygen atoms in total. The van der Waals surface area contributed by atoms with Crippen molar-refractivity contribution in [3.05, 3.63) is 47.5 Å². The van der Waals surface area contributed by atoms with Gasteiger partial charge >= 0.3 is 0 Å². The lowest BCUT2D eigenvalue weighted by atomic mass is 10.2. The van der Waals surface area contributed by atoms with Gasteiger partial charge in [-0.05, 0) is 42.5 Å². The highest BCUT2D eigenvalue weighted by molar-refractivity contribution is 8.00. The van der Waals surface area contributed by atoms with Crippen molar-refractivity contribution in [1.29, 1.82) is 0 Å². The Morgan fingerprint density at radius 3 is 2.52 bits per heavy atom. The fourth-order valence-corrected chi connectivity index (χ4v) is 2.88. The van der Waals surface area contributed by atoms with Crippen molar-refractivity contribution >= 4 is 40.6 Å². The highest BCUT2D eigenvalue weighted by Crippen LogP contribution is 2.28. The van der Waals surface area contributed by atoms with Crippen LogP contribution in [0.3, 0.4) is 0 Å². The second kappa shape index (κ2) is 8.13. The number of hydrogen-bond acceptors (Lipinski definition) is 4. The molecule has 0 unspecified atom stereocenters. The van der Waals surface area contributed by atoms with E-state index in [0.717, 1.165) is 16.3 Å². The number of nitrogens with zero attached hydrogens (tertiary/aromatic N) is 1. The Bertz CT molecular complexity index is 675. The molecule has 2 aromatic rings. The van der Waals surface area contributed by atoms with Crippen molar-refractivity contribution in [2.24, 2.45) is 0 Å². The molecule has 0 aliphatic rings. The molecule has 0 heterocycles. The van der Waals surface area contributed by atoms with Crippen LogP contribution in [0.15, 0.2) is 47.4 Å². The maximum Gasteiger partial charge on any atom is 0.234 e. The number of ether oxygens (including phenoxy) is 1. The summed E-state index contributed by atoms with van der Waals surface area (Å²) in [4.78, 5) is 15.1. The summed E-state index contributed by atoms with van der Waals surface area (Å²) >= 11 is 7.49. The lowest BCUT2D eigenvalue weighted by Crippen LogP contribution is -2.18. The van der Waals surface area contributed by atoms with E-state index in [2.05, 4.69) is 5.32 Å². The van der Waals surface area contributed by atoms with E-state index >= 15 is 0 Å². The molecule has 0 atom stereocenters. The number of halogens is 1. The summed E-state index contributed by atoms with van der Waals surface area (Å²) in [6, 6.07) is 13.1. The van der Waals surface area contributed by atoms with Crippen LogP contribution in [0.2, 0.25) is 5.02 Å². The molecule has 0 saturated heterocycles. The molecule has 1 amide bonds. The zero-order valence-corrected chi connectivity index (χ0v) is 14.9. The number of amides is 1. The Labute approximate surface area is 145 Å². The molecule has 0 aliphatic heterocycles. The van der Waals surface area contributed by atoms with Crippen LogP contribution in [0, 0.1) is 0 Å². The molecule has 0 aliphatic carbocycles. The maximum absolute atomic E-state index is 12.2. The van der Waals surface area contributed by atoms with Gasteiger partial charge in [0.1, 0.15) is 5.75 Å². The smallest absolute Gasteiger partial charge is 0.234 e. The van der Waals surface area contributed by atoms with Gasteiger partial charge in [-0.25, -0.2) is 0 Å². The summed E-state index contributed by atoms with van der Waals surface area (Å²) < 4.78 is 5.11. The fraction of sp³-hybridized carbons (Fsp3) is 0.235. The minimum absolute atomic E-state index is 0.0730. The van der Waals surface area contributed by atoms with Crippen molar-refractivity contribution < 1.29 is 9.53 Å². The molecule has 0 saturated carbocycles. The second-order valence-electron chi connectivity index (χ2n) is 5.07. The molecule has 0 bridgehead atoms. The van der Waals surface area contributed by atoms with E-state index in [4.69, 9.17) is 16.3 Å². The van der Waals surface area contributed by atoms with Crippen LogP contribution in [0.5, 0.6) is 5.75 Å². The summed E-state index contributed by atoms with van der Waals surface area (Å²) in [6.45, 7) is 0. The minimum Gasteiger partial charge on any atom is -0.497 e. The molecule has 0 spiro atoms. The number of rotatable bonds is 6. The lowest BCUT2D eigenvalue weighted by Gasteiger charge is -2.18. The van der Waals surface area contributed by atoms with Crippen LogP contribution < -0.4 is 15.0 Å². The van der Waals surface area contributed by atoms with Gasteiger partial charge in [0, 0.05) is 24.0 Å². The van der Waals surface area contributed by atoms with E-state index in [1.807, 2.05) is 49.3 Å². The number of methoxy groups -OCH3 is 1. The van der Waals surface area contributed by atoms with Gasteiger partial charge < -0.3 is 15.0 Å². The van der Waals surface area contributed by atoms with Gasteiger partial charge in [-0.15, -0.1) is 11.8 Å². The Balaban J connectivity index is 1.98. The molecule has 6 heteroatoms. The van der Waals surface area contributed by atoms with E-state index in [-0.39, 0.29) is 5.91 Å². The van der Waals surface area contributed by atoms with Crippen LogP contribution in [0.1, 0.15) is 0 Å². The highest BCUT2D eigenvalue weighted by Gasteiger charge is 2.10. The molecular formula is C17H19ClN2O2S. The zero-order valence-electron chi connectivity index (χ0n) is 13.3. The summed E-state index contributed by atoms with van der Waals surface area (Å²) in [5.74, 6) is 1.05. The first kappa shape index (κ1) is 17.5. The van der Waals surface area contributed by atoms with Gasteiger partial charge in [0.05, 0.1) is 24.2 Å². The van der Waals surface area contributed by atoms with E-state index in [9.17, 15) is 4.79 Å². The predicted molar refractivity (Wildman–Crippen MR) is 98.1 cm³/mol. The van der Waals surface area contributed by atoms with Crippen molar-refractivity contribution in [3.63, 3.8) is 0 Å². The van der Waals surface area contributed by atoms with Gasteiger partial charge in [-0.2, -0.15) is 0 Å². The normalized spacial score (nSPS) is 10.3. The van der Waals surface area contributed by atoms with E-state index < -0.39 is 0 Å². The van der Waals surface area contributed by atoms with E-state index in [0.29, 0.717) is 16.5 Å². The third kappa shape index (κ3) is 5.08. The number of anilines is 2. The van der Waals surface area contributed by atoms with Crippen molar-refractivity contribution in [2.45, 2.75) is 4.90 Å². The van der Waals surface area contributed by atoms with Crippen molar-refractivity contribution in [2.75, 3.05) is 37.2 Å². The van der Waals surface area contributed by atoms with Crippen LogP contribution in [-0.2, 0) is 4.79 Å². The topological polar surface area (TPSA) is 41.6 Å². The Morgan fingerprint density at radius 1 is 1.22 bits per heavy atom. The molecule has 2 rings (SSSR count). The van der Waals surface area contributed by atoms with E-state index in [1.165, 1.54) is 11.8 Å². The first-order valence-electron chi connectivity index (χ1n) is 7.03. The lowest BCUT2D eigenvalue weighted by molar-refractivity contribution is -0.113. The summed E-state index contributed by atoms with van der Waals surface area (Å²) in [5, 5.41) is 3.51. The SMILES string of the molecule is COc1ccc(SCC(=O)Nc2cc(Cl)ccc2N(C)C)cc1. The largest absolute Gasteiger partial charge is 0.497 e. The zero-order chi connectivity index (χ0) is 16.8. The predicted octanol–water partition coefficient (Wildman–Crippen LogP) is 4.15. The summed E-state index contributed by atoms with van der Waals surface area (Å²) in [7, 11) is 5.47. The molecule has 122 valence electrons. The molecule has 0 fully saturated rings. The Kier molecular flexibility index (Phi) is 6.19.